The second-order valence-electron chi connectivity index (χ2n) is 4.61. The molecule has 1 aromatic rings. The molecule has 0 fully saturated rings. The Morgan fingerprint density at radius 1 is 1.27 bits per heavy atom. The second-order valence-corrected chi connectivity index (χ2v) is 6.76. The first-order chi connectivity index (χ1) is 9.64. The van der Waals surface area contributed by atoms with Crippen molar-refractivity contribution < 1.29 is 47.9 Å². The summed E-state index contributed by atoms with van der Waals surface area (Å²) in [4.78, 5) is 10.5. The summed E-state index contributed by atoms with van der Waals surface area (Å²) in [6.45, 7) is 1.34. The Kier molecular flexibility index (Phi) is 8.19. The predicted molar refractivity (Wildman–Crippen MR) is 74.2 cm³/mol. The van der Waals surface area contributed by atoms with Crippen molar-refractivity contribution in [3.63, 3.8) is 0 Å². The van der Waals surface area contributed by atoms with Crippen molar-refractivity contribution in [2.75, 3.05) is 27.7 Å². The summed E-state index contributed by atoms with van der Waals surface area (Å²) >= 11 is 0. The summed E-state index contributed by atoms with van der Waals surface area (Å²) in [6, 6.07) is 4.49. The molecule has 0 aliphatic carbocycles. The predicted octanol–water partition coefficient (Wildman–Crippen LogP) is -3.07. The molecule has 0 atom stereocenters. The van der Waals surface area contributed by atoms with Gasteiger partial charge in [-0.3, -0.25) is 5.01 Å². The molecule has 0 amide bonds. The van der Waals surface area contributed by atoms with Gasteiger partial charge in [-0.1, -0.05) is 11.3 Å². The fraction of sp³-hybridized carbons (Fsp3) is 0.417. The van der Waals surface area contributed by atoms with E-state index < -0.39 is 22.5 Å². The molecule has 8 nitrogen and oxygen atoms in total. The SMILES string of the molecule is Cc1ccc(S(=O)(=O)N(C)C)cc1N=NN(C)CC(=O)[O-].[Na+]. The molecule has 0 N–H and O–H groups in total. The molecule has 0 heterocycles. The number of rotatable bonds is 6. The summed E-state index contributed by atoms with van der Waals surface area (Å²) < 4.78 is 25.2. The summed E-state index contributed by atoms with van der Waals surface area (Å²) in [5.41, 5.74) is 1.07. The number of hydrogen-bond donors (Lipinski definition) is 0. The molecule has 0 aromatic heterocycles. The van der Waals surface area contributed by atoms with Crippen LogP contribution in [0.4, 0.5) is 5.69 Å². The van der Waals surface area contributed by atoms with Gasteiger partial charge in [0.2, 0.25) is 10.0 Å². The second kappa shape index (κ2) is 8.59. The van der Waals surface area contributed by atoms with Gasteiger partial charge in [-0.2, -0.15) is 0 Å². The molecule has 22 heavy (non-hydrogen) atoms. The van der Waals surface area contributed by atoms with E-state index in [1.54, 1.807) is 13.0 Å². The number of hydrogen-bond acceptors (Lipinski definition) is 6. The minimum atomic E-state index is -3.56. The number of carbonyl (C=O) groups excluding carboxylic acids is 1. The maximum Gasteiger partial charge on any atom is 1.00 e. The van der Waals surface area contributed by atoms with Crippen molar-refractivity contribution in [1.82, 2.24) is 9.31 Å². The average Bonchev–Trinajstić information content (AvgIpc) is 2.36. The number of carboxylic acid groups (broad SMARTS) is 1. The van der Waals surface area contributed by atoms with Crippen molar-refractivity contribution in [2.45, 2.75) is 11.8 Å². The fourth-order valence-corrected chi connectivity index (χ4v) is 2.33. The first kappa shape index (κ1) is 21.0. The molecule has 0 saturated heterocycles. The van der Waals surface area contributed by atoms with Crippen molar-refractivity contribution in [3.05, 3.63) is 23.8 Å². The van der Waals surface area contributed by atoms with Crippen molar-refractivity contribution in [2.24, 2.45) is 10.3 Å². The Hall–Kier alpha value is -1.00. The Bertz CT molecular complexity index is 661. The first-order valence-corrected chi connectivity index (χ1v) is 7.44. The largest absolute Gasteiger partial charge is 1.00 e. The third-order valence-electron chi connectivity index (χ3n) is 2.62. The third kappa shape index (κ3) is 5.65. The van der Waals surface area contributed by atoms with E-state index in [4.69, 9.17) is 0 Å². The van der Waals surface area contributed by atoms with E-state index in [1.165, 1.54) is 33.3 Å². The number of aryl methyl sites for hydroxylation is 1. The first-order valence-electron chi connectivity index (χ1n) is 6.00. The summed E-state index contributed by atoms with van der Waals surface area (Å²) in [5, 5.41) is 19.1. The normalized spacial score (nSPS) is 11.5. The van der Waals surface area contributed by atoms with Crippen LogP contribution < -0.4 is 34.7 Å². The zero-order valence-corrected chi connectivity index (χ0v) is 16.1. The van der Waals surface area contributed by atoms with Gasteiger partial charge in [-0.05, 0) is 24.6 Å². The van der Waals surface area contributed by atoms with Crippen LogP contribution in [-0.2, 0) is 14.8 Å². The number of carboxylic acids is 1. The van der Waals surface area contributed by atoms with Crippen LogP contribution in [0.5, 0.6) is 0 Å². The Labute approximate surface area is 152 Å². The van der Waals surface area contributed by atoms with Gasteiger partial charge in [0, 0.05) is 21.1 Å². The van der Waals surface area contributed by atoms with Crippen molar-refractivity contribution >= 4 is 21.7 Å². The van der Waals surface area contributed by atoms with E-state index in [2.05, 4.69) is 10.3 Å². The standard InChI is InChI=1S/C12H18N4O4S.Na/c1-9-5-6-10(21(19,20)15(2)3)7-11(9)13-14-16(4)8-12(17)18;/h5-7H,8H2,1-4H3,(H,17,18);/q;+1/p-1. The average molecular weight is 336 g/mol. The molecule has 0 spiro atoms. The van der Waals surface area contributed by atoms with E-state index in [-0.39, 0.29) is 34.5 Å². The van der Waals surface area contributed by atoms with Gasteiger partial charge < -0.3 is 9.90 Å². The van der Waals surface area contributed by atoms with Gasteiger partial charge in [0.05, 0.1) is 23.1 Å². The van der Waals surface area contributed by atoms with E-state index >= 15 is 0 Å². The van der Waals surface area contributed by atoms with Crippen LogP contribution in [0.15, 0.2) is 33.4 Å². The Balaban J connectivity index is 0.00000441. The number of benzene rings is 1. The topological polar surface area (TPSA) is 105 Å². The van der Waals surface area contributed by atoms with Crippen molar-refractivity contribution in [3.8, 4) is 0 Å². The maximum absolute atomic E-state index is 12.0. The number of carbonyl (C=O) groups is 1. The number of aliphatic carboxylic acids is 1. The van der Waals surface area contributed by atoms with Gasteiger partial charge in [0.25, 0.3) is 0 Å². The maximum atomic E-state index is 12.0. The number of sulfonamides is 1. The molecule has 0 radical (unpaired) electrons. The molecule has 10 heteroatoms. The van der Waals surface area contributed by atoms with Crippen LogP contribution in [0.3, 0.4) is 0 Å². The number of likely N-dealkylation sites (N-methyl/N-ethyl adjacent to an activating group) is 1. The molecule has 1 rings (SSSR count). The monoisotopic (exact) mass is 336 g/mol. The Morgan fingerprint density at radius 3 is 2.36 bits per heavy atom. The van der Waals surface area contributed by atoms with Gasteiger partial charge in [-0.25, -0.2) is 12.7 Å². The molecule has 0 unspecified atom stereocenters. The molecular formula is C12H17N4NaO4S. The molecular weight excluding hydrogens is 319 g/mol. The smallest absolute Gasteiger partial charge is 0.548 e. The van der Waals surface area contributed by atoms with Crippen LogP contribution in [0.2, 0.25) is 0 Å². The molecule has 1 aromatic carbocycles. The van der Waals surface area contributed by atoms with Crippen LogP contribution in [0.1, 0.15) is 5.56 Å². The summed E-state index contributed by atoms with van der Waals surface area (Å²) in [5.74, 6) is -1.28. The van der Waals surface area contributed by atoms with Gasteiger partial charge in [-0.15, -0.1) is 5.11 Å². The van der Waals surface area contributed by atoms with E-state index in [0.717, 1.165) is 14.9 Å². The quantitative estimate of drug-likeness (QED) is 0.311. The van der Waals surface area contributed by atoms with Gasteiger partial charge in [0.15, 0.2) is 0 Å². The minimum absolute atomic E-state index is 0. The third-order valence-corrected chi connectivity index (χ3v) is 4.43. The Morgan fingerprint density at radius 2 is 1.86 bits per heavy atom. The van der Waals surface area contributed by atoms with E-state index in [0.29, 0.717) is 5.69 Å². The van der Waals surface area contributed by atoms with Gasteiger partial charge >= 0.3 is 29.6 Å². The zero-order valence-electron chi connectivity index (χ0n) is 13.3. The van der Waals surface area contributed by atoms with Crippen LogP contribution >= 0.6 is 0 Å². The minimum Gasteiger partial charge on any atom is -0.548 e. The zero-order chi connectivity index (χ0) is 16.2. The molecule has 0 aliphatic heterocycles. The molecule has 116 valence electrons. The van der Waals surface area contributed by atoms with E-state index in [1.807, 2.05) is 0 Å². The fourth-order valence-electron chi connectivity index (χ4n) is 1.41. The van der Waals surface area contributed by atoms with Gasteiger partial charge in [0.1, 0.15) is 0 Å². The van der Waals surface area contributed by atoms with Crippen LogP contribution in [0, 0.1) is 6.92 Å². The molecule has 0 saturated carbocycles. The molecule has 0 bridgehead atoms. The van der Waals surface area contributed by atoms with Crippen LogP contribution in [0.25, 0.3) is 0 Å². The number of nitrogens with zero attached hydrogens (tertiary/aromatic N) is 4. The summed E-state index contributed by atoms with van der Waals surface area (Å²) in [7, 11) is 0.735. The molecule has 0 aliphatic rings. The summed E-state index contributed by atoms with van der Waals surface area (Å²) in [6.07, 6.45) is 0. The van der Waals surface area contributed by atoms with Crippen molar-refractivity contribution in [1.29, 1.82) is 0 Å². The van der Waals surface area contributed by atoms with Crippen LogP contribution in [-0.4, -0.2) is 51.4 Å². The van der Waals surface area contributed by atoms with E-state index in [9.17, 15) is 18.3 Å².